The Morgan fingerprint density at radius 2 is 2.05 bits per heavy atom. The molecule has 2 aliphatic heterocycles. The smallest absolute Gasteiger partial charge is 0.247 e. The molecule has 118 valence electrons. The first-order valence-electron chi connectivity index (χ1n) is 6.93. The number of nitrogens with zero attached hydrogens (tertiary/aromatic N) is 2. The Morgan fingerprint density at radius 3 is 2.68 bits per heavy atom. The normalized spacial score (nSPS) is 28.1. The van der Waals surface area contributed by atoms with Gasteiger partial charge in [0.15, 0.2) is 15.0 Å². The molecule has 0 N–H and O–H groups in total. The summed E-state index contributed by atoms with van der Waals surface area (Å²) < 4.78 is 24.8. The molecule has 0 spiro atoms. The summed E-state index contributed by atoms with van der Waals surface area (Å²) in [7, 11) is -3.02. The van der Waals surface area contributed by atoms with Crippen LogP contribution in [-0.2, 0) is 14.6 Å². The van der Waals surface area contributed by atoms with E-state index in [4.69, 9.17) is 0 Å². The molecule has 2 aliphatic rings. The van der Waals surface area contributed by atoms with Gasteiger partial charge in [0, 0.05) is 21.8 Å². The minimum Gasteiger partial charge on any atom is -0.316 e. The van der Waals surface area contributed by atoms with Crippen molar-refractivity contribution in [3.8, 4) is 0 Å². The number of sulfone groups is 1. The van der Waals surface area contributed by atoms with Gasteiger partial charge in [-0.3, -0.25) is 4.79 Å². The van der Waals surface area contributed by atoms with Crippen molar-refractivity contribution in [2.45, 2.75) is 24.6 Å². The zero-order chi connectivity index (χ0) is 15.9. The molecule has 3 rings (SSSR count). The highest BCUT2D eigenvalue weighted by Crippen LogP contribution is 2.41. The van der Waals surface area contributed by atoms with Gasteiger partial charge >= 0.3 is 0 Å². The van der Waals surface area contributed by atoms with Crippen LogP contribution >= 0.6 is 27.7 Å². The van der Waals surface area contributed by atoms with Crippen molar-refractivity contribution in [3.05, 3.63) is 28.7 Å². The molecule has 1 aromatic rings. The first-order chi connectivity index (χ1) is 10.4. The van der Waals surface area contributed by atoms with Crippen LogP contribution in [0.25, 0.3) is 0 Å². The van der Waals surface area contributed by atoms with Gasteiger partial charge in [0.05, 0.1) is 17.5 Å². The zero-order valence-electron chi connectivity index (χ0n) is 11.9. The number of carbonyl (C=O) groups is 1. The highest BCUT2D eigenvalue weighted by atomic mass is 79.9. The van der Waals surface area contributed by atoms with Gasteiger partial charge in [-0.25, -0.2) is 8.42 Å². The number of anilines is 1. The maximum absolute atomic E-state index is 11.9. The fourth-order valence-electron chi connectivity index (χ4n) is 2.65. The van der Waals surface area contributed by atoms with Gasteiger partial charge in [-0.05, 0) is 24.3 Å². The minimum absolute atomic E-state index is 0.0583. The summed E-state index contributed by atoms with van der Waals surface area (Å²) in [5, 5.41) is 0.552. The molecule has 0 unspecified atom stereocenters. The molecule has 0 aliphatic carbocycles. The van der Waals surface area contributed by atoms with E-state index in [1.54, 1.807) is 6.92 Å². The SMILES string of the molecule is CCC(=O)N=C1S[C@@H]2CS(=O)(=O)C[C@H]2N1c1ccc(Br)cc1. The Kier molecular flexibility index (Phi) is 4.35. The lowest BCUT2D eigenvalue weighted by Gasteiger charge is -2.24. The summed E-state index contributed by atoms with van der Waals surface area (Å²) in [6, 6.07) is 7.46. The molecular weight excluding hydrogens is 388 g/mol. The molecule has 1 amide bonds. The number of benzene rings is 1. The molecule has 0 saturated carbocycles. The average Bonchev–Trinajstić information content (AvgIpc) is 2.91. The molecular formula is C14H15BrN2O3S2. The Morgan fingerprint density at radius 1 is 1.36 bits per heavy atom. The van der Waals surface area contributed by atoms with Crippen molar-refractivity contribution >= 4 is 54.3 Å². The van der Waals surface area contributed by atoms with Crippen molar-refractivity contribution in [2.24, 2.45) is 4.99 Å². The largest absolute Gasteiger partial charge is 0.316 e. The lowest BCUT2D eigenvalue weighted by atomic mass is 10.2. The van der Waals surface area contributed by atoms with Crippen LogP contribution < -0.4 is 4.90 Å². The van der Waals surface area contributed by atoms with E-state index in [9.17, 15) is 13.2 Å². The number of halogens is 1. The van der Waals surface area contributed by atoms with Crippen LogP contribution in [-0.4, -0.2) is 42.3 Å². The standard InChI is InChI=1S/C14H15BrN2O3S2/c1-2-13(18)16-14-17(10-5-3-9(15)4-6-10)11-7-22(19,20)8-12(11)21-14/h3-6,11-12H,2,7-8H2,1H3/t11-,12-/m1/s1. The number of amides is 1. The quantitative estimate of drug-likeness (QED) is 0.759. The van der Waals surface area contributed by atoms with E-state index in [2.05, 4.69) is 20.9 Å². The minimum atomic E-state index is -3.02. The second-order valence-corrected chi connectivity index (χ2v) is 9.56. The maximum Gasteiger partial charge on any atom is 0.247 e. The lowest BCUT2D eigenvalue weighted by Crippen LogP contribution is -2.37. The number of hydrogen-bond acceptors (Lipinski definition) is 4. The van der Waals surface area contributed by atoms with Crippen LogP contribution in [0.1, 0.15) is 13.3 Å². The van der Waals surface area contributed by atoms with E-state index in [0.717, 1.165) is 10.2 Å². The molecule has 22 heavy (non-hydrogen) atoms. The number of amidine groups is 1. The molecule has 2 saturated heterocycles. The highest BCUT2D eigenvalue weighted by molar-refractivity contribution is 9.10. The topological polar surface area (TPSA) is 66.8 Å². The number of thioether (sulfide) groups is 1. The number of rotatable bonds is 2. The second kappa shape index (κ2) is 5.98. The maximum atomic E-state index is 11.9. The van der Waals surface area contributed by atoms with Gasteiger partial charge in [-0.1, -0.05) is 34.6 Å². The van der Waals surface area contributed by atoms with Crippen molar-refractivity contribution in [3.63, 3.8) is 0 Å². The molecule has 5 nitrogen and oxygen atoms in total. The van der Waals surface area contributed by atoms with E-state index in [0.29, 0.717) is 11.6 Å². The molecule has 2 atom stereocenters. The number of hydrogen-bond donors (Lipinski definition) is 0. The first kappa shape index (κ1) is 16.0. The fraction of sp³-hybridized carbons (Fsp3) is 0.429. The molecule has 2 fully saturated rings. The van der Waals surface area contributed by atoms with Crippen LogP contribution in [0.2, 0.25) is 0 Å². The third kappa shape index (κ3) is 3.09. The predicted molar refractivity (Wildman–Crippen MR) is 93.2 cm³/mol. The van der Waals surface area contributed by atoms with Crippen molar-refractivity contribution in [2.75, 3.05) is 16.4 Å². The zero-order valence-corrected chi connectivity index (χ0v) is 15.1. The summed E-state index contributed by atoms with van der Waals surface area (Å²) in [5.41, 5.74) is 0.864. The summed E-state index contributed by atoms with van der Waals surface area (Å²) in [4.78, 5) is 17.8. The highest BCUT2D eigenvalue weighted by Gasteiger charge is 2.49. The molecule has 8 heteroatoms. The number of aliphatic imine (C=N–C) groups is 1. The van der Waals surface area contributed by atoms with Gasteiger partial charge in [0.25, 0.3) is 0 Å². The summed E-state index contributed by atoms with van der Waals surface area (Å²) >= 11 is 4.79. The molecule has 1 aromatic carbocycles. The van der Waals surface area contributed by atoms with Gasteiger partial charge in [-0.2, -0.15) is 4.99 Å². The second-order valence-electron chi connectivity index (χ2n) is 5.29. The average molecular weight is 403 g/mol. The fourth-order valence-corrected chi connectivity index (χ4v) is 6.85. The van der Waals surface area contributed by atoms with E-state index < -0.39 is 9.84 Å². The van der Waals surface area contributed by atoms with E-state index >= 15 is 0 Å². The summed E-state index contributed by atoms with van der Waals surface area (Å²) in [6.45, 7) is 1.77. The Labute approximate surface area is 142 Å². The monoisotopic (exact) mass is 402 g/mol. The summed E-state index contributed by atoms with van der Waals surface area (Å²) in [6.07, 6.45) is 0.339. The molecule has 0 radical (unpaired) electrons. The van der Waals surface area contributed by atoms with E-state index in [1.165, 1.54) is 11.8 Å². The molecule has 0 bridgehead atoms. The molecule has 2 heterocycles. The van der Waals surface area contributed by atoms with Crippen LogP contribution in [0.15, 0.2) is 33.7 Å². The Balaban J connectivity index is 2.01. The Hall–Kier alpha value is -0.860. The predicted octanol–water partition coefficient (Wildman–Crippen LogP) is 2.46. The van der Waals surface area contributed by atoms with Crippen LogP contribution in [0.3, 0.4) is 0 Å². The van der Waals surface area contributed by atoms with Crippen LogP contribution in [0.4, 0.5) is 5.69 Å². The van der Waals surface area contributed by atoms with Gasteiger partial charge in [-0.15, -0.1) is 0 Å². The van der Waals surface area contributed by atoms with Gasteiger partial charge in [0.1, 0.15) is 0 Å². The van der Waals surface area contributed by atoms with E-state index in [-0.39, 0.29) is 28.7 Å². The number of carbonyl (C=O) groups excluding carboxylic acids is 1. The van der Waals surface area contributed by atoms with Crippen LogP contribution in [0, 0.1) is 0 Å². The van der Waals surface area contributed by atoms with Crippen molar-refractivity contribution < 1.29 is 13.2 Å². The third-order valence-electron chi connectivity index (χ3n) is 3.69. The van der Waals surface area contributed by atoms with Crippen molar-refractivity contribution in [1.82, 2.24) is 0 Å². The van der Waals surface area contributed by atoms with E-state index in [1.807, 2.05) is 29.2 Å². The van der Waals surface area contributed by atoms with Crippen LogP contribution in [0.5, 0.6) is 0 Å². The van der Waals surface area contributed by atoms with Crippen molar-refractivity contribution in [1.29, 1.82) is 0 Å². The first-order valence-corrected chi connectivity index (χ1v) is 10.4. The Bertz CT molecular complexity index is 731. The third-order valence-corrected chi connectivity index (χ3v) is 7.43. The lowest BCUT2D eigenvalue weighted by molar-refractivity contribution is -0.117. The number of fused-ring (bicyclic) bond motifs is 1. The van der Waals surface area contributed by atoms with Gasteiger partial charge < -0.3 is 4.90 Å². The summed E-state index contributed by atoms with van der Waals surface area (Å²) in [5.74, 6) is 0.0711. The van der Waals surface area contributed by atoms with Gasteiger partial charge in [0.2, 0.25) is 5.91 Å². The molecule has 0 aromatic heterocycles.